The van der Waals surface area contributed by atoms with E-state index in [1.165, 1.54) is 5.56 Å². The van der Waals surface area contributed by atoms with Gasteiger partial charge in [-0.1, -0.05) is 39.8 Å². The van der Waals surface area contributed by atoms with Crippen molar-refractivity contribution >= 4 is 17.1 Å². The number of hydrogen-bond donors (Lipinski definition) is 1. The Morgan fingerprint density at radius 1 is 1.44 bits per heavy atom. The van der Waals surface area contributed by atoms with Gasteiger partial charge in [0.05, 0.1) is 11.4 Å². The highest BCUT2D eigenvalue weighted by Gasteiger charge is 2.05. The molecule has 0 spiro atoms. The molecule has 98 valence electrons. The van der Waals surface area contributed by atoms with Gasteiger partial charge in [0.2, 0.25) is 0 Å². The molecule has 0 fully saturated rings. The van der Waals surface area contributed by atoms with Crippen LogP contribution in [0.5, 0.6) is 0 Å². The molecule has 1 aromatic rings. The summed E-state index contributed by atoms with van der Waals surface area (Å²) in [6.07, 6.45) is 3.90. The minimum absolute atomic E-state index is 0.532. The second kappa shape index (κ2) is 7.00. The average molecular weight is 244 g/mol. The highest BCUT2D eigenvalue weighted by Crippen LogP contribution is 2.29. The van der Waals surface area contributed by atoms with Crippen LogP contribution in [0.4, 0.5) is 11.4 Å². The summed E-state index contributed by atoms with van der Waals surface area (Å²) in [5.74, 6) is 0.532. The fourth-order valence-electron chi connectivity index (χ4n) is 1.82. The molecule has 0 unspecified atom stereocenters. The van der Waals surface area contributed by atoms with Crippen molar-refractivity contribution in [3.63, 3.8) is 0 Å². The number of hydrogen-bond acceptors (Lipinski definition) is 2. The second-order valence-electron chi connectivity index (χ2n) is 4.74. The van der Waals surface area contributed by atoms with Crippen molar-refractivity contribution in [3.8, 4) is 0 Å². The third kappa shape index (κ3) is 3.73. The van der Waals surface area contributed by atoms with E-state index in [0.29, 0.717) is 5.92 Å². The third-order valence-electron chi connectivity index (χ3n) is 2.96. The van der Waals surface area contributed by atoms with Crippen molar-refractivity contribution in [3.05, 3.63) is 36.4 Å². The minimum atomic E-state index is 0.532. The van der Waals surface area contributed by atoms with Crippen molar-refractivity contribution in [2.24, 2.45) is 4.99 Å². The van der Waals surface area contributed by atoms with Gasteiger partial charge in [0, 0.05) is 12.8 Å². The predicted molar refractivity (Wildman–Crippen MR) is 82.3 cm³/mol. The first-order valence-electron chi connectivity index (χ1n) is 6.64. The van der Waals surface area contributed by atoms with E-state index in [9.17, 15) is 0 Å². The molecule has 0 aliphatic heterocycles. The summed E-state index contributed by atoms with van der Waals surface area (Å²) in [5, 5.41) is 3.22. The summed E-state index contributed by atoms with van der Waals surface area (Å²) in [5.41, 5.74) is 4.45. The number of aliphatic imine (C=N–C) groups is 1. The highest BCUT2D eigenvalue weighted by atomic mass is 14.9. The quantitative estimate of drug-likeness (QED) is 0.706. The van der Waals surface area contributed by atoms with Gasteiger partial charge >= 0.3 is 0 Å². The average Bonchev–Trinajstić information content (AvgIpc) is 2.38. The van der Waals surface area contributed by atoms with Crippen molar-refractivity contribution in [2.75, 3.05) is 12.4 Å². The summed E-state index contributed by atoms with van der Waals surface area (Å²) in [6, 6.07) is 6.41. The smallest absolute Gasteiger partial charge is 0.0864 e. The Kier molecular flexibility index (Phi) is 5.63. The Morgan fingerprint density at radius 2 is 2.17 bits per heavy atom. The van der Waals surface area contributed by atoms with E-state index >= 15 is 0 Å². The van der Waals surface area contributed by atoms with E-state index < -0.39 is 0 Å². The number of nitrogens with zero attached hydrogens (tertiary/aromatic N) is 1. The summed E-state index contributed by atoms with van der Waals surface area (Å²) in [4.78, 5) is 4.67. The molecule has 0 bridgehead atoms. The van der Waals surface area contributed by atoms with Gasteiger partial charge in [0.25, 0.3) is 0 Å². The van der Waals surface area contributed by atoms with Crippen molar-refractivity contribution < 1.29 is 0 Å². The summed E-state index contributed by atoms with van der Waals surface area (Å²) < 4.78 is 0. The predicted octanol–water partition coefficient (Wildman–Crippen LogP) is 4.91. The minimum Gasteiger partial charge on any atom is -0.386 e. The maximum Gasteiger partial charge on any atom is 0.0864 e. The van der Waals surface area contributed by atoms with E-state index in [0.717, 1.165) is 29.9 Å². The number of benzene rings is 1. The van der Waals surface area contributed by atoms with E-state index in [4.69, 9.17) is 0 Å². The normalized spacial score (nSPS) is 11.7. The van der Waals surface area contributed by atoms with E-state index in [1.807, 2.05) is 13.1 Å². The topological polar surface area (TPSA) is 24.4 Å². The molecule has 1 rings (SSSR count). The number of nitrogens with one attached hydrogen (secondary N) is 1. The molecule has 0 aliphatic carbocycles. The molecule has 2 heteroatoms. The number of rotatable bonds is 6. The SMILES string of the molecule is C=CC(CCC)=Nc1ccc(C(C)C)cc1NC. The lowest BCUT2D eigenvalue weighted by Gasteiger charge is -2.11. The monoisotopic (exact) mass is 244 g/mol. The molecule has 0 saturated carbocycles. The van der Waals surface area contributed by atoms with Gasteiger partial charge in [-0.2, -0.15) is 0 Å². The maximum absolute atomic E-state index is 4.67. The van der Waals surface area contributed by atoms with Crippen LogP contribution in [0.15, 0.2) is 35.8 Å². The van der Waals surface area contributed by atoms with E-state index in [1.54, 1.807) is 0 Å². The number of anilines is 1. The van der Waals surface area contributed by atoms with Crippen LogP contribution in [-0.2, 0) is 0 Å². The number of allylic oxidation sites excluding steroid dienone is 1. The lowest BCUT2D eigenvalue weighted by molar-refractivity contribution is 0.867. The molecular formula is C16H24N2. The van der Waals surface area contributed by atoms with Crippen LogP contribution in [0.3, 0.4) is 0 Å². The van der Waals surface area contributed by atoms with Crippen LogP contribution in [0.2, 0.25) is 0 Å². The van der Waals surface area contributed by atoms with Gasteiger partial charge in [0.15, 0.2) is 0 Å². The van der Waals surface area contributed by atoms with Crippen molar-refractivity contribution in [2.45, 2.75) is 39.5 Å². The zero-order valence-corrected chi connectivity index (χ0v) is 12.0. The molecule has 2 nitrogen and oxygen atoms in total. The van der Waals surface area contributed by atoms with Crippen LogP contribution in [0, 0.1) is 0 Å². The van der Waals surface area contributed by atoms with Crippen LogP contribution in [0.25, 0.3) is 0 Å². The highest BCUT2D eigenvalue weighted by molar-refractivity contribution is 5.97. The fourth-order valence-corrected chi connectivity index (χ4v) is 1.82. The Bertz CT molecular complexity index is 431. The van der Waals surface area contributed by atoms with Crippen LogP contribution in [0.1, 0.15) is 45.1 Å². The first-order chi connectivity index (χ1) is 8.62. The Labute approximate surface area is 111 Å². The van der Waals surface area contributed by atoms with Crippen LogP contribution < -0.4 is 5.32 Å². The molecule has 18 heavy (non-hydrogen) atoms. The second-order valence-corrected chi connectivity index (χ2v) is 4.74. The molecule has 0 aliphatic rings. The molecule has 1 aromatic carbocycles. The molecule has 0 aromatic heterocycles. The standard InChI is InChI=1S/C16H24N2/c1-6-8-14(7-2)18-15-10-9-13(12(3)4)11-16(15)17-5/h7,9-12,17H,2,6,8H2,1,3-5H3. The third-order valence-corrected chi connectivity index (χ3v) is 2.96. The van der Waals surface area contributed by atoms with Crippen molar-refractivity contribution in [1.29, 1.82) is 0 Å². The Balaban J connectivity index is 3.12. The van der Waals surface area contributed by atoms with E-state index in [-0.39, 0.29) is 0 Å². The Hall–Kier alpha value is -1.57. The molecule has 0 heterocycles. The summed E-state index contributed by atoms with van der Waals surface area (Å²) in [7, 11) is 1.94. The zero-order chi connectivity index (χ0) is 13.5. The summed E-state index contributed by atoms with van der Waals surface area (Å²) in [6.45, 7) is 10.4. The summed E-state index contributed by atoms with van der Waals surface area (Å²) >= 11 is 0. The molecule has 0 amide bonds. The first-order valence-corrected chi connectivity index (χ1v) is 6.64. The van der Waals surface area contributed by atoms with Gasteiger partial charge in [-0.25, -0.2) is 0 Å². The molecule has 0 radical (unpaired) electrons. The Morgan fingerprint density at radius 3 is 2.67 bits per heavy atom. The zero-order valence-electron chi connectivity index (χ0n) is 12.0. The van der Waals surface area contributed by atoms with Crippen LogP contribution >= 0.6 is 0 Å². The molecule has 0 atom stereocenters. The van der Waals surface area contributed by atoms with Gasteiger partial charge in [-0.15, -0.1) is 0 Å². The van der Waals surface area contributed by atoms with E-state index in [2.05, 4.69) is 55.9 Å². The fraction of sp³-hybridized carbons (Fsp3) is 0.438. The van der Waals surface area contributed by atoms with Gasteiger partial charge < -0.3 is 5.32 Å². The molecule has 0 saturated heterocycles. The largest absolute Gasteiger partial charge is 0.386 e. The van der Waals surface area contributed by atoms with Gasteiger partial charge in [-0.3, -0.25) is 4.99 Å². The molecule has 1 N–H and O–H groups in total. The lowest BCUT2D eigenvalue weighted by Crippen LogP contribution is -1.96. The van der Waals surface area contributed by atoms with Crippen LogP contribution in [-0.4, -0.2) is 12.8 Å². The van der Waals surface area contributed by atoms with Crippen molar-refractivity contribution in [1.82, 2.24) is 0 Å². The van der Waals surface area contributed by atoms with Gasteiger partial charge in [-0.05, 0) is 36.1 Å². The lowest BCUT2D eigenvalue weighted by atomic mass is 10.0. The maximum atomic E-state index is 4.67. The molecular weight excluding hydrogens is 220 g/mol. The first kappa shape index (κ1) is 14.5. The van der Waals surface area contributed by atoms with Gasteiger partial charge in [0.1, 0.15) is 0 Å².